The van der Waals surface area contributed by atoms with E-state index in [9.17, 15) is 9.59 Å². The van der Waals surface area contributed by atoms with E-state index in [1.54, 1.807) is 12.1 Å². The maximum Gasteiger partial charge on any atom is 0.235 e. The average Bonchev–Trinajstić information content (AvgIpc) is 2.46. The van der Waals surface area contributed by atoms with Crippen molar-refractivity contribution in [3.05, 3.63) is 60.2 Å². The molecule has 1 unspecified atom stereocenters. The number of hydrogen-bond acceptors (Lipinski definition) is 3. The molecule has 3 N–H and O–H groups in total. The summed E-state index contributed by atoms with van der Waals surface area (Å²) in [4.78, 5) is 23.5. The van der Waals surface area contributed by atoms with Crippen LogP contribution in [0.5, 0.6) is 0 Å². The van der Waals surface area contributed by atoms with Gasteiger partial charge in [0.1, 0.15) is 5.25 Å². The van der Waals surface area contributed by atoms with E-state index in [0.29, 0.717) is 0 Å². The van der Waals surface area contributed by atoms with E-state index in [1.807, 2.05) is 42.5 Å². The zero-order chi connectivity index (χ0) is 15.2. The van der Waals surface area contributed by atoms with Crippen molar-refractivity contribution < 1.29 is 9.59 Å². The van der Waals surface area contributed by atoms with Crippen LogP contribution in [0.3, 0.4) is 0 Å². The predicted octanol–water partition coefficient (Wildman–Crippen LogP) is 2.96. The molecular formula is C16H16N2O2S. The first kappa shape index (κ1) is 15.1. The molecule has 4 nitrogen and oxygen atoms in total. The summed E-state index contributed by atoms with van der Waals surface area (Å²) in [5, 5.41) is 2.27. The molecule has 108 valence electrons. The summed E-state index contributed by atoms with van der Waals surface area (Å²) in [5.74, 6) is -0.494. The monoisotopic (exact) mass is 300 g/mol. The second-order valence-electron chi connectivity index (χ2n) is 4.52. The Morgan fingerprint density at radius 2 is 1.67 bits per heavy atom. The van der Waals surface area contributed by atoms with Gasteiger partial charge in [-0.25, -0.2) is 0 Å². The Bertz CT molecular complexity index is 626. The molecule has 0 aromatic heterocycles. The lowest BCUT2D eigenvalue weighted by Gasteiger charge is -2.13. The van der Waals surface area contributed by atoms with Crippen LogP contribution in [0.25, 0.3) is 0 Å². The fraction of sp³-hybridized carbons (Fsp3) is 0.125. The lowest BCUT2D eigenvalue weighted by atomic mass is 10.1. The smallest absolute Gasteiger partial charge is 0.235 e. The highest BCUT2D eigenvalue weighted by atomic mass is 32.2. The summed E-state index contributed by atoms with van der Waals surface area (Å²) in [5.41, 5.74) is 7.10. The molecule has 0 bridgehead atoms. The van der Waals surface area contributed by atoms with Crippen molar-refractivity contribution in [2.75, 3.05) is 5.32 Å². The Morgan fingerprint density at radius 3 is 2.19 bits per heavy atom. The van der Waals surface area contributed by atoms with Gasteiger partial charge in [0.15, 0.2) is 0 Å². The topological polar surface area (TPSA) is 72.2 Å². The number of hydrogen-bond donors (Lipinski definition) is 2. The van der Waals surface area contributed by atoms with Gasteiger partial charge in [0.25, 0.3) is 0 Å². The Morgan fingerprint density at radius 1 is 1.05 bits per heavy atom. The van der Waals surface area contributed by atoms with Crippen LogP contribution in [0.1, 0.15) is 17.7 Å². The lowest BCUT2D eigenvalue weighted by molar-refractivity contribution is -0.117. The maximum atomic E-state index is 11.7. The van der Waals surface area contributed by atoms with Gasteiger partial charge < -0.3 is 11.1 Å². The van der Waals surface area contributed by atoms with E-state index in [2.05, 4.69) is 5.32 Å². The van der Waals surface area contributed by atoms with Gasteiger partial charge >= 0.3 is 0 Å². The fourth-order valence-electron chi connectivity index (χ4n) is 1.87. The number of rotatable bonds is 5. The van der Waals surface area contributed by atoms with E-state index >= 15 is 0 Å². The fourth-order valence-corrected chi connectivity index (χ4v) is 2.85. The molecule has 0 radical (unpaired) electrons. The highest BCUT2D eigenvalue weighted by molar-refractivity contribution is 8.00. The molecule has 0 heterocycles. The molecule has 2 rings (SSSR count). The molecule has 5 heteroatoms. The van der Waals surface area contributed by atoms with Gasteiger partial charge in [0.05, 0.1) is 0 Å². The standard InChI is InChI=1S/C16H16N2O2S/c1-11(19)18-13-7-9-14(10-8-13)21-15(16(17)20)12-5-3-2-4-6-12/h2-10,15H,1H3,(H2,17,20)(H,18,19). The summed E-state index contributed by atoms with van der Waals surface area (Å²) in [6, 6.07) is 16.7. The SMILES string of the molecule is CC(=O)Nc1ccc(SC(C(N)=O)c2ccccc2)cc1. The van der Waals surface area contributed by atoms with Crippen LogP contribution in [0.4, 0.5) is 5.69 Å². The van der Waals surface area contributed by atoms with Crippen LogP contribution in [0, 0.1) is 0 Å². The van der Waals surface area contributed by atoms with E-state index in [1.165, 1.54) is 18.7 Å². The van der Waals surface area contributed by atoms with Crippen molar-refractivity contribution in [1.82, 2.24) is 0 Å². The number of anilines is 1. The molecule has 2 aromatic carbocycles. The van der Waals surface area contributed by atoms with Gasteiger partial charge in [0, 0.05) is 17.5 Å². The number of carbonyl (C=O) groups is 2. The zero-order valence-electron chi connectivity index (χ0n) is 11.6. The van der Waals surface area contributed by atoms with Crippen LogP contribution in [-0.4, -0.2) is 11.8 Å². The van der Waals surface area contributed by atoms with Gasteiger partial charge in [0.2, 0.25) is 11.8 Å². The molecule has 0 aliphatic heterocycles. The van der Waals surface area contributed by atoms with Crippen LogP contribution in [0.15, 0.2) is 59.5 Å². The Labute approximate surface area is 127 Å². The average molecular weight is 300 g/mol. The van der Waals surface area contributed by atoms with Gasteiger partial charge in [-0.2, -0.15) is 0 Å². The largest absolute Gasteiger partial charge is 0.368 e. The normalized spacial score (nSPS) is 11.7. The first-order valence-corrected chi connectivity index (χ1v) is 7.33. The Kier molecular flexibility index (Phi) is 5.00. The van der Waals surface area contributed by atoms with Crippen molar-refractivity contribution in [2.24, 2.45) is 5.73 Å². The third kappa shape index (κ3) is 4.36. The third-order valence-electron chi connectivity index (χ3n) is 2.79. The third-order valence-corrected chi connectivity index (χ3v) is 4.07. The number of nitrogens with one attached hydrogen (secondary N) is 1. The van der Waals surface area contributed by atoms with Crippen molar-refractivity contribution in [2.45, 2.75) is 17.1 Å². The maximum absolute atomic E-state index is 11.7. The number of thioether (sulfide) groups is 1. The van der Waals surface area contributed by atoms with Gasteiger partial charge in [-0.05, 0) is 29.8 Å². The minimum atomic E-state index is -0.433. The van der Waals surface area contributed by atoms with Crippen LogP contribution < -0.4 is 11.1 Å². The van der Waals surface area contributed by atoms with Crippen molar-refractivity contribution in [3.63, 3.8) is 0 Å². The molecule has 2 amide bonds. The predicted molar refractivity (Wildman–Crippen MR) is 85.0 cm³/mol. The van der Waals surface area contributed by atoms with E-state index < -0.39 is 5.25 Å². The Balaban J connectivity index is 2.14. The van der Waals surface area contributed by atoms with Gasteiger partial charge in [-0.3, -0.25) is 9.59 Å². The molecule has 21 heavy (non-hydrogen) atoms. The highest BCUT2D eigenvalue weighted by Gasteiger charge is 2.18. The van der Waals surface area contributed by atoms with Gasteiger partial charge in [-0.1, -0.05) is 30.3 Å². The molecule has 0 fully saturated rings. The second kappa shape index (κ2) is 6.95. The number of primary amides is 1. The van der Waals surface area contributed by atoms with Gasteiger partial charge in [-0.15, -0.1) is 11.8 Å². The summed E-state index contributed by atoms with van der Waals surface area (Å²) >= 11 is 1.39. The minimum Gasteiger partial charge on any atom is -0.368 e. The molecule has 0 aliphatic rings. The van der Waals surface area contributed by atoms with Crippen LogP contribution >= 0.6 is 11.8 Å². The number of benzene rings is 2. The number of amides is 2. The van der Waals surface area contributed by atoms with Crippen molar-refractivity contribution >= 4 is 29.3 Å². The van der Waals surface area contributed by atoms with E-state index in [-0.39, 0.29) is 11.8 Å². The highest BCUT2D eigenvalue weighted by Crippen LogP contribution is 2.35. The molecule has 0 saturated carbocycles. The second-order valence-corrected chi connectivity index (χ2v) is 5.70. The first-order chi connectivity index (χ1) is 10.1. The molecule has 0 aliphatic carbocycles. The minimum absolute atomic E-state index is 0.116. The summed E-state index contributed by atoms with van der Waals surface area (Å²) in [6.07, 6.45) is 0. The molecular weight excluding hydrogens is 284 g/mol. The quantitative estimate of drug-likeness (QED) is 0.834. The summed E-state index contributed by atoms with van der Waals surface area (Å²) < 4.78 is 0. The van der Waals surface area contributed by atoms with E-state index in [4.69, 9.17) is 5.73 Å². The lowest BCUT2D eigenvalue weighted by Crippen LogP contribution is -2.18. The molecule has 0 saturated heterocycles. The van der Waals surface area contributed by atoms with Crippen molar-refractivity contribution in [1.29, 1.82) is 0 Å². The molecule has 1 atom stereocenters. The number of nitrogens with two attached hydrogens (primary N) is 1. The Hall–Kier alpha value is -2.27. The summed E-state index contributed by atoms with van der Waals surface area (Å²) in [6.45, 7) is 1.46. The number of carbonyl (C=O) groups excluding carboxylic acids is 2. The van der Waals surface area contributed by atoms with E-state index in [0.717, 1.165) is 16.1 Å². The van der Waals surface area contributed by atoms with Crippen LogP contribution in [0.2, 0.25) is 0 Å². The zero-order valence-corrected chi connectivity index (χ0v) is 12.4. The molecule has 0 spiro atoms. The first-order valence-electron chi connectivity index (χ1n) is 6.45. The van der Waals surface area contributed by atoms with Crippen molar-refractivity contribution in [3.8, 4) is 0 Å². The summed E-state index contributed by atoms with van der Waals surface area (Å²) in [7, 11) is 0. The molecule has 2 aromatic rings. The van der Waals surface area contributed by atoms with Crippen LogP contribution in [-0.2, 0) is 9.59 Å².